The molecule has 1 unspecified atom stereocenters. The fraction of sp³-hybridized carbons (Fsp3) is 0.300. The Hall–Kier alpha value is -3.82. The van der Waals surface area contributed by atoms with Gasteiger partial charge in [-0.15, -0.1) is 0 Å². The predicted octanol–water partition coefficient (Wildman–Crippen LogP) is 3.19. The minimum Gasteiger partial charge on any atom is -0.496 e. The first-order chi connectivity index (χ1) is 14.3. The number of methoxy groups -OCH3 is 2. The lowest BCUT2D eigenvalue weighted by Gasteiger charge is -2.15. The van der Waals surface area contributed by atoms with Crippen LogP contribution in [-0.2, 0) is 9.53 Å². The predicted molar refractivity (Wildman–Crippen MR) is 107 cm³/mol. The Morgan fingerprint density at radius 2 is 1.83 bits per heavy atom. The lowest BCUT2D eigenvalue weighted by molar-refractivity contribution is -0.384. The second kappa shape index (κ2) is 10.1. The number of ether oxygens (including phenoxy) is 4. The molecule has 0 spiro atoms. The topological polar surface area (TPSA) is 126 Å². The highest BCUT2D eigenvalue weighted by molar-refractivity contribution is 5.98. The fourth-order valence-electron chi connectivity index (χ4n) is 2.48. The summed E-state index contributed by atoms with van der Waals surface area (Å²) in [6.07, 6.45) is -1.21. The number of anilines is 1. The molecule has 0 aliphatic carbocycles. The van der Waals surface area contributed by atoms with Crippen LogP contribution in [0.15, 0.2) is 36.4 Å². The normalized spacial score (nSPS) is 11.2. The van der Waals surface area contributed by atoms with Gasteiger partial charge in [0.2, 0.25) is 0 Å². The van der Waals surface area contributed by atoms with E-state index in [1.54, 1.807) is 13.0 Å². The zero-order valence-corrected chi connectivity index (χ0v) is 17.0. The van der Waals surface area contributed by atoms with Crippen molar-refractivity contribution < 1.29 is 33.5 Å². The lowest BCUT2D eigenvalue weighted by Crippen LogP contribution is -2.30. The molecule has 0 aliphatic heterocycles. The summed E-state index contributed by atoms with van der Waals surface area (Å²) in [6.45, 7) is 3.51. The van der Waals surface area contributed by atoms with Crippen molar-refractivity contribution in [2.75, 3.05) is 26.1 Å². The summed E-state index contributed by atoms with van der Waals surface area (Å²) < 4.78 is 20.7. The number of benzene rings is 2. The van der Waals surface area contributed by atoms with E-state index in [1.165, 1.54) is 51.5 Å². The molecule has 1 N–H and O–H groups in total. The Balaban J connectivity index is 2.12. The number of esters is 1. The highest BCUT2D eigenvalue weighted by Gasteiger charge is 2.23. The van der Waals surface area contributed by atoms with Crippen LogP contribution < -0.4 is 19.5 Å². The molecule has 1 atom stereocenters. The number of hydrogen-bond acceptors (Lipinski definition) is 8. The van der Waals surface area contributed by atoms with E-state index in [0.717, 1.165) is 0 Å². The first-order valence-corrected chi connectivity index (χ1v) is 8.95. The van der Waals surface area contributed by atoms with Crippen molar-refractivity contribution in [1.82, 2.24) is 0 Å². The van der Waals surface area contributed by atoms with Gasteiger partial charge in [0.05, 0.1) is 37.4 Å². The number of nitrogens with one attached hydrogen (secondary N) is 1. The lowest BCUT2D eigenvalue weighted by atomic mass is 10.2. The average molecular weight is 418 g/mol. The SMILES string of the molecule is CCOc1cc(C(=O)OC(C)C(=O)Nc2ccc(OC)cc2[N+](=O)[O-])ccc1OC. The van der Waals surface area contributed by atoms with Crippen molar-refractivity contribution in [2.24, 2.45) is 0 Å². The molecular formula is C20H22N2O8. The van der Waals surface area contributed by atoms with Crippen LogP contribution in [0, 0.1) is 10.1 Å². The van der Waals surface area contributed by atoms with Crippen molar-refractivity contribution in [3.8, 4) is 17.2 Å². The molecule has 2 rings (SSSR count). The third-order valence-electron chi connectivity index (χ3n) is 4.01. The van der Waals surface area contributed by atoms with Crippen LogP contribution in [0.4, 0.5) is 11.4 Å². The van der Waals surface area contributed by atoms with E-state index in [1.807, 2.05) is 0 Å². The van der Waals surface area contributed by atoms with Gasteiger partial charge in [-0.25, -0.2) is 4.79 Å². The van der Waals surface area contributed by atoms with Crippen molar-refractivity contribution >= 4 is 23.3 Å². The Kier molecular flexibility index (Phi) is 7.56. The van der Waals surface area contributed by atoms with Gasteiger partial charge < -0.3 is 24.3 Å². The molecule has 0 heterocycles. The van der Waals surface area contributed by atoms with E-state index >= 15 is 0 Å². The van der Waals surface area contributed by atoms with Crippen LogP contribution in [-0.4, -0.2) is 43.7 Å². The maximum absolute atomic E-state index is 12.4. The molecule has 0 fully saturated rings. The first kappa shape index (κ1) is 22.5. The number of carbonyl (C=O) groups excluding carboxylic acids is 2. The number of carbonyl (C=O) groups is 2. The van der Waals surface area contributed by atoms with Gasteiger partial charge in [-0.1, -0.05) is 0 Å². The minimum atomic E-state index is -1.21. The van der Waals surface area contributed by atoms with E-state index in [4.69, 9.17) is 18.9 Å². The highest BCUT2D eigenvalue weighted by Crippen LogP contribution is 2.30. The maximum Gasteiger partial charge on any atom is 0.339 e. The molecule has 0 saturated heterocycles. The van der Waals surface area contributed by atoms with E-state index in [-0.39, 0.29) is 22.7 Å². The maximum atomic E-state index is 12.4. The van der Waals surface area contributed by atoms with Crippen LogP contribution in [0.3, 0.4) is 0 Å². The van der Waals surface area contributed by atoms with Crippen molar-refractivity contribution in [3.05, 3.63) is 52.1 Å². The molecule has 160 valence electrons. The molecule has 2 aromatic carbocycles. The Bertz CT molecular complexity index is 944. The molecule has 0 bridgehead atoms. The molecule has 2 aromatic rings. The molecular weight excluding hydrogens is 396 g/mol. The summed E-state index contributed by atoms with van der Waals surface area (Å²) in [4.78, 5) is 35.4. The zero-order valence-electron chi connectivity index (χ0n) is 17.0. The van der Waals surface area contributed by atoms with Gasteiger partial charge in [-0.2, -0.15) is 0 Å². The van der Waals surface area contributed by atoms with Crippen LogP contribution >= 0.6 is 0 Å². The average Bonchev–Trinajstić information content (AvgIpc) is 2.73. The van der Waals surface area contributed by atoms with Crippen molar-refractivity contribution in [3.63, 3.8) is 0 Å². The van der Waals surface area contributed by atoms with Crippen molar-refractivity contribution in [1.29, 1.82) is 0 Å². The van der Waals surface area contributed by atoms with Crippen LogP contribution in [0.2, 0.25) is 0 Å². The van der Waals surface area contributed by atoms with E-state index in [2.05, 4.69) is 5.32 Å². The van der Waals surface area contributed by atoms with Crippen LogP contribution in [0.5, 0.6) is 17.2 Å². The summed E-state index contributed by atoms with van der Waals surface area (Å²) in [7, 11) is 2.84. The van der Waals surface area contributed by atoms with Gasteiger partial charge in [0, 0.05) is 0 Å². The molecule has 0 aromatic heterocycles. The van der Waals surface area contributed by atoms with Gasteiger partial charge in [0.25, 0.3) is 11.6 Å². The van der Waals surface area contributed by atoms with Gasteiger partial charge in [-0.3, -0.25) is 14.9 Å². The van der Waals surface area contributed by atoms with Gasteiger partial charge in [0.15, 0.2) is 17.6 Å². The third-order valence-corrected chi connectivity index (χ3v) is 4.01. The number of nitro benzene ring substituents is 1. The monoisotopic (exact) mass is 418 g/mol. The number of nitro groups is 1. The summed E-state index contributed by atoms with van der Waals surface area (Å²) in [5, 5.41) is 13.6. The second-order valence-electron chi connectivity index (χ2n) is 5.98. The Morgan fingerprint density at radius 3 is 2.43 bits per heavy atom. The third kappa shape index (κ3) is 5.37. The number of hydrogen-bond donors (Lipinski definition) is 1. The first-order valence-electron chi connectivity index (χ1n) is 8.95. The quantitative estimate of drug-likeness (QED) is 0.374. The molecule has 0 saturated carbocycles. The Labute approximate surface area is 172 Å². The van der Waals surface area contributed by atoms with Crippen molar-refractivity contribution in [2.45, 2.75) is 20.0 Å². The summed E-state index contributed by atoms with van der Waals surface area (Å²) >= 11 is 0. The van der Waals surface area contributed by atoms with Crippen LogP contribution in [0.25, 0.3) is 0 Å². The van der Waals surface area contributed by atoms with E-state index in [9.17, 15) is 19.7 Å². The highest BCUT2D eigenvalue weighted by atomic mass is 16.6. The number of amides is 1. The minimum absolute atomic E-state index is 0.0446. The molecule has 0 aliphatic rings. The Morgan fingerprint density at radius 1 is 1.10 bits per heavy atom. The second-order valence-corrected chi connectivity index (χ2v) is 5.98. The fourth-order valence-corrected chi connectivity index (χ4v) is 2.48. The zero-order chi connectivity index (χ0) is 22.3. The standard InChI is InChI=1S/C20H22N2O8/c1-5-29-18-10-13(6-9-17(18)28-4)20(24)30-12(2)19(23)21-15-8-7-14(27-3)11-16(15)22(25)26/h6-12H,5H2,1-4H3,(H,21,23). The number of rotatable bonds is 9. The molecule has 10 heteroatoms. The van der Waals surface area contributed by atoms with Gasteiger partial charge >= 0.3 is 5.97 Å². The number of nitrogens with zero attached hydrogens (tertiary/aromatic N) is 1. The molecule has 1 amide bonds. The van der Waals surface area contributed by atoms with Gasteiger partial charge in [-0.05, 0) is 44.2 Å². The van der Waals surface area contributed by atoms with Crippen LogP contribution in [0.1, 0.15) is 24.2 Å². The molecule has 10 nitrogen and oxygen atoms in total. The van der Waals surface area contributed by atoms with E-state index < -0.39 is 22.9 Å². The summed E-state index contributed by atoms with van der Waals surface area (Å²) in [6, 6.07) is 8.45. The largest absolute Gasteiger partial charge is 0.496 e. The smallest absolute Gasteiger partial charge is 0.339 e. The van der Waals surface area contributed by atoms with Gasteiger partial charge in [0.1, 0.15) is 11.4 Å². The molecule has 30 heavy (non-hydrogen) atoms. The summed E-state index contributed by atoms with van der Waals surface area (Å²) in [5.74, 6) is -0.407. The van der Waals surface area contributed by atoms with E-state index in [0.29, 0.717) is 18.1 Å². The molecule has 0 radical (unpaired) electrons. The summed E-state index contributed by atoms with van der Waals surface area (Å²) in [5.41, 5.74) is -0.233.